The highest BCUT2D eigenvalue weighted by Gasteiger charge is 2.23. The molecule has 0 unspecified atom stereocenters. The summed E-state index contributed by atoms with van der Waals surface area (Å²) in [4.78, 5) is 55.0. The molecule has 1 amide bonds. The van der Waals surface area contributed by atoms with Crippen LogP contribution in [0, 0.1) is 0 Å². The molecule has 0 bridgehead atoms. The maximum atomic E-state index is 13.6. The van der Waals surface area contributed by atoms with Gasteiger partial charge in [0.2, 0.25) is 0 Å². The number of hydrogen-bond donors (Lipinski definition) is 1. The quantitative estimate of drug-likeness (QED) is 0.187. The summed E-state index contributed by atoms with van der Waals surface area (Å²) in [5, 5.41) is 3.63. The summed E-state index contributed by atoms with van der Waals surface area (Å²) in [6, 6.07) is 8.35. The monoisotopic (exact) mass is 511 g/mol. The molecule has 0 atom stereocenters. The average Bonchev–Trinajstić information content (AvgIpc) is 3.40. The van der Waals surface area contributed by atoms with Gasteiger partial charge in [-0.15, -0.1) is 0 Å². The van der Waals surface area contributed by atoms with Gasteiger partial charge in [-0.3, -0.25) is 23.7 Å². The number of furan rings is 1. The summed E-state index contributed by atoms with van der Waals surface area (Å²) in [5.74, 6) is -0.556. The lowest BCUT2D eigenvalue weighted by Gasteiger charge is -2.26. The first-order chi connectivity index (χ1) is 17.5. The molecule has 1 N–H and O–H groups in total. The zero-order valence-corrected chi connectivity index (χ0v) is 21.0. The molecular weight excluding hydrogens is 482 g/mol. The number of aromatic nitrogens is 2. The van der Waals surface area contributed by atoms with Crippen molar-refractivity contribution >= 4 is 40.3 Å². The van der Waals surface area contributed by atoms with Crippen molar-refractivity contribution in [3.63, 3.8) is 0 Å². The van der Waals surface area contributed by atoms with Crippen LogP contribution in [0.1, 0.15) is 67.6 Å². The van der Waals surface area contributed by atoms with Crippen LogP contribution in [0.4, 0.5) is 0 Å². The number of hydrogen-bond acceptors (Lipinski definition) is 8. The van der Waals surface area contributed by atoms with Crippen LogP contribution < -0.4 is 10.9 Å². The number of fused-ring (bicyclic) bond motifs is 1. The molecule has 9 nitrogen and oxygen atoms in total. The Bertz CT molecular complexity index is 1290. The van der Waals surface area contributed by atoms with Crippen molar-refractivity contribution in [2.24, 2.45) is 0 Å². The number of nitrogens with zero attached hydrogens (tertiary/aromatic N) is 2. The van der Waals surface area contributed by atoms with Crippen molar-refractivity contribution in [1.82, 2.24) is 14.9 Å². The van der Waals surface area contributed by atoms with Crippen molar-refractivity contribution in [2.75, 3.05) is 12.4 Å². The second-order valence-electron chi connectivity index (χ2n) is 8.66. The Labute approximate surface area is 212 Å². The highest BCUT2D eigenvalue weighted by molar-refractivity contribution is 7.99. The third kappa shape index (κ3) is 6.23. The van der Waals surface area contributed by atoms with E-state index < -0.39 is 5.97 Å². The third-order valence-corrected chi connectivity index (χ3v) is 7.10. The third-order valence-electron chi connectivity index (χ3n) is 6.08. The first kappa shape index (κ1) is 25.7. The largest absolute Gasteiger partial charge is 0.467 e. The summed E-state index contributed by atoms with van der Waals surface area (Å²) in [6.07, 6.45) is 6.13. The molecule has 2 heterocycles. The fourth-order valence-electron chi connectivity index (χ4n) is 4.33. The molecule has 3 aromatic rings. The van der Waals surface area contributed by atoms with E-state index in [-0.39, 0.29) is 48.6 Å². The molecule has 10 heteroatoms. The van der Waals surface area contributed by atoms with Crippen molar-refractivity contribution in [3.8, 4) is 0 Å². The molecule has 36 heavy (non-hydrogen) atoms. The second-order valence-corrected chi connectivity index (χ2v) is 9.61. The maximum absolute atomic E-state index is 13.6. The Morgan fingerprint density at radius 2 is 2.00 bits per heavy atom. The van der Waals surface area contributed by atoms with Crippen LogP contribution in [-0.2, 0) is 20.9 Å². The first-order valence-electron chi connectivity index (χ1n) is 12.1. The van der Waals surface area contributed by atoms with Gasteiger partial charge >= 0.3 is 5.97 Å². The topological polar surface area (TPSA) is 121 Å². The molecule has 1 fully saturated rings. The van der Waals surface area contributed by atoms with Crippen LogP contribution in [0.5, 0.6) is 0 Å². The molecule has 1 aromatic carbocycles. The minimum Gasteiger partial charge on any atom is -0.467 e. The van der Waals surface area contributed by atoms with Crippen LogP contribution in [0.3, 0.4) is 0 Å². The summed E-state index contributed by atoms with van der Waals surface area (Å²) >= 11 is 1.14. The summed E-state index contributed by atoms with van der Waals surface area (Å²) in [7, 11) is 0. The van der Waals surface area contributed by atoms with Crippen LogP contribution in [0.2, 0.25) is 0 Å². The fraction of sp³-hybridized carbons (Fsp3) is 0.423. The van der Waals surface area contributed by atoms with Gasteiger partial charge in [0.05, 0.1) is 36.1 Å². The Hall–Kier alpha value is -3.40. The molecule has 4 rings (SSSR count). The van der Waals surface area contributed by atoms with Gasteiger partial charge in [0.25, 0.3) is 11.5 Å². The normalized spacial score (nSPS) is 14.0. The molecule has 0 spiro atoms. The van der Waals surface area contributed by atoms with Gasteiger partial charge in [-0.1, -0.05) is 31.0 Å². The lowest BCUT2D eigenvalue weighted by atomic mass is 9.95. The Morgan fingerprint density at radius 3 is 2.72 bits per heavy atom. The summed E-state index contributed by atoms with van der Waals surface area (Å²) < 4.78 is 11.8. The highest BCUT2D eigenvalue weighted by Crippen LogP contribution is 2.31. The molecule has 190 valence electrons. The van der Waals surface area contributed by atoms with E-state index in [2.05, 4.69) is 5.32 Å². The number of ketones is 1. The average molecular weight is 512 g/mol. The Balaban J connectivity index is 1.61. The number of Topliss-reactive ketones (excluding diaryl/α,β-unsaturated/α-hetero) is 1. The van der Waals surface area contributed by atoms with Gasteiger partial charge in [-0.25, -0.2) is 4.98 Å². The van der Waals surface area contributed by atoms with Gasteiger partial charge < -0.3 is 14.5 Å². The molecule has 1 saturated carbocycles. The Morgan fingerprint density at radius 1 is 1.19 bits per heavy atom. The number of thioether (sulfide) groups is 1. The van der Waals surface area contributed by atoms with Crippen LogP contribution in [0.25, 0.3) is 10.9 Å². The minimum absolute atomic E-state index is 0.00193. The molecule has 0 radical (unpaired) electrons. The van der Waals surface area contributed by atoms with Crippen molar-refractivity contribution in [1.29, 1.82) is 0 Å². The zero-order chi connectivity index (χ0) is 25.5. The number of carbonyl (C=O) groups is 3. The van der Waals surface area contributed by atoms with E-state index in [0.29, 0.717) is 27.4 Å². The van der Waals surface area contributed by atoms with Crippen molar-refractivity contribution < 1.29 is 23.5 Å². The Kier molecular flexibility index (Phi) is 8.58. The van der Waals surface area contributed by atoms with E-state index in [9.17, 15) is 19.2 Å². The number of ether oxygens (including phenoxy) is 1. The van der Waals surface area contributed by atoms with Gasteiger partial charge in [0.15, 0.2) is 10.9 Å². The summed E-state index contributed by atoms with van der Waals surface area (Å²) in [5.41, 5.74) is 0.568. The van der Waals surface area contributed by atoms with Crippen LogP contribution in [0.15, 0.2) is 51.0 Å². The molecule has 2 aromatic heterocycles. The molecule has 1 aliphatic carbocycles. The number of amides is 1. The molecule has 0 saturated heterocycles. The molecule has 1 aliphatic rings. The summed E-state index contributed by atoms with van der Waals surface area (Å²) in [6.45, 7) is 2.14. The van der Waals surface area contributed by atoms with Gasteiger partial charge in [-0.2, -0.15) is 0 Å². The fourth-order valence-corrected chi connectivity index (χ4v) is 5.26. The zero-order valence-electron chi connectivity index (χ0n) is 20.2. The van der Waals surface area contributed by atoms with E-state index >= 15 is 0 Å². The number of carbonyl (C=O) groups excluding carboxylic acids is 3. The number of esters is 1. The molecule has 0 aliphatic heterocycles. The highest BCUT2D eigenvalue weighted by atomic mass is 32.2. The van der Waals surface area contributed by atoms with Crippen LogP contribution >= 0.6 is 11.8 Å². The van der Waals surface area contributed by atoms with Gasteiger partial charge in [0.1, 0.15) is 12.2 Å². The smallest absolute Gasteiger partial charge is 0.313 e. The predicted octanol–water partition coefficient (Wildman–Crippen LogP) is 4.04. The van der Waals surface area contributed by atoms with Gasteiger partial charge in [0, 0.05) is 11.6 Å². The SMILES string of the molecule is CCOC(=O)CC(=O)CSc1nc2cc(C(=O)NCc3ccco3)ccc2c(=O)n1C1CCCCC1. The van der Waals surface area contributed by atoms with E-state index in [1.165, 1.54) is 6.26 Å². The lowest BCUT2D eigenvalue weighted by molar-refractivity contribution is -0.145. The van der Waals surface area contributed by atoms with Crippen molar-refractivity contribution in [3.05, 3.63) is 58.3 Å². The van der Waals surface area contributed by atoms with Gasteiger partial charge in [-0.05, 0) is 50.1 Å². The predicted molar refractivity (Wildman–Crippen MR) is 135 cm³/mol. The lowest BCUT2D eigenvalue weighted by Crippen LogP contribution is -2.29. The van der Waals surface area contributed by atoms with E-state index in [4.69, 9.17) is 14.1 Å². The standard InChI is InChI=1S/C26H29N3O6S/c1-2-34-23(31)14-19(30)16-36-26-28-22-13-17(24(32)27-15-20-9-6-12-35-20)10-11-21(22)25(33)29(26)18-7-4-3-5-8-18/h6,9-13,18H,2-5,7-8,14-16H2,1H3,(H,27,32). The first-order valence-corrected chi connectivity index (χ1v) is 13.1. The van der Waals surface area contributed by atoms with E-state index in [0.717, 1.165) is 43.9 Å². The van der Waals surface area contributed by atoms with Crippen molar-refractivity contribution in [2.45, 2.75) is 63.2 Å². The second kappa shape index (κ2) is 12.0. The van der Waals surface area contributed by atoms with E-state index in [1.54, 1.807) is 41.8 Å². The number of benzene rings is 1. The van der Waals surface area contributed by atoms with Crippen LogP contribution in [-0.4, -0.2) is 39.6 Å². The molecular formula is C26H29N3O6S. The van der Waals surface area contributed by atoms with E-state index in [1.807, 2.05) is 0 Å². The maximum Gasteiger partial charge on any atom is 0.313 e. The number of nitrogens with one attached hydrogen (secondary N) is 1. The number of rotatable bonds is 10. The minimum atomic E-state index is -0.565.